The molecule has 1 aromatic heterocycles. The number of piperidine rings is 1. The van der Waals surface area contributed by atoms with Crippen LogP contribution in [0.25, 0.3) is 11.3 Å². The highest BCUT2D eigenvalue weighted by molar-refractivity contribution is 5.78. The maximum absolute atomic E-state index is 12.6. The van der Waals surface area contributed by atoms with Gasteiger partial charge in [-0.3, -0.25) is 19.7 Å². The van der Waals surface area contributed by atoms with E-state index in [4.69, 9.17) is 9.72 Å². The van der Waals surface area contributed by atoms with Crippen LogP contribution in [0, 0.1) is 0 Å². The van der Waals surface area contributed by atoms with Crippen LogP contribution < -0.4 is 4.74 Å². The zero-order chi connectivity index (χ0) is 19.3. The number of carbonyl (C=O) groups excluding carboxylic acids is 1. The Bertz CT molecular complexity index is 820. The van der Waals surface area contributed by atoms with E-state index in [-0.39, 0.29) is 11.8 Å². The zero-order valence-corrected chi connectivity index (χ0v) is 16.5. The minimum Gasteiger partial charge on any atom is -0.497 e. The first-order valence-electron chi connectivity index (χ1n) is 10.2. The van der Waals surface area contributed by atoms with Crippen molar-refractivity contribution in [2.75, 3.05) is 39.8 Å². The summed E-state index contributed by atoms with van der Waals surface area (Å²) in [7, 11) is 1.67. The van der Waals surface area contributed by atoms with Crippen molar-refractivity contribution in [1.82, 2.24) is 19.8 Å². The third-order valence-corrected chi connectivity index (χ3v) is 5.78. The maximum atomic E-state index is 12.6. The second kappa shape index (κ2) is 8.69. The van der Waals surface area contributed by atoms with Crippen LogP contribution in [0.1, 0.15) is 37.3 Å². The fraction of sp³-hybridized carbons (Fsp3) is 0.500. The summed E-state index contributed by atoms with van der Waals surface area (Å²) >= 11 is 0. The molecule has 3 heterocycles. The molecule has 0 N–H and O–H groups in total. The summed E-state index contributed by atoms with van der Waals surface area (Å²) < 4.78 is 5.37. The highest BCUT2D eigenvalue weighted by atomic mass is 16.5. The molecule has 1 aromatic carbocycles. The summed E-state index contributed by atoms with van der Waals surface area (Å²) in [6.07, 6.45) is 7.94. The van der Waals surface area contributed by atoms with Crippen LogP contribution in [0.3, 0.4) is 0 Å². The van der Waals surface area contributed by atoms with Gasteiger partial charge in [-0.05, 0) is 44.4 Å². The van der Waals surface area contributed by atoms with Gasteiger partial charge in [-0.15, -0.1) is 0 Å². The predicted molar refractivity (Wildman–Crippen MR) is 108 cm³/mol. The first-order valence-corrected chi connectivity index (χ1v) is 10.2. The third kappa shape index (κ3) is 4.17. The molecule has 2 saturated heterocycles. The van der Waals surface area contributed by atoms with Crippen LogP contribution in [-0.4, -0.2) is 65.5 Å². The fourth-order valence-electron chi connectivity index (χ4n) is 4.32. The fourth-order valence-corrected chi connectivity index (χ4v) is 4.32. The van der Waals surface area contributed by atoms with Gasteiger partial charge in [0.05, 0.1) is 25.0 Å². The van der Waals surface area contributed by atoms with Gasteiger partial charge in [0, 0.05) is 43.5 Å². The molecule has 0 unspecified atom stereocenters. The lowest BCUT2D eigenvalue weighted by atomic mass is 9.91. The molecule has 2 aliphatic rings. The average Bonchev–Trinajstić information content (AvgIpc) is 3.29. The molecule has 0 spiro atoms. The molecule has 1 amide bonds. The summed E-state index contributed by atoms with van der Waals surface area (Å²) in [5.41, 5.74) is 2.96. The van der Waals surface area contributed by atoms with E-state index in [1.165, 1.54) is 0 Å². The molecule has 0 radical (unpaired) electrons. The van der Waals surface area contributed by atoms with Gasteiger partial charge in [0.2, 0.25) is 5.91 Å². The van der Waals surface area contributed by atoms with Gasteiger partial charge in [-0.25, -0.2) is 0 Å². The number of hydrogen-bond donors (Lipinski definition) is 0. The largest absolute Gasteiger partial charge is 0.497 e. The molecule has 4 rings (SSSR count). The van der Waals surface area contributed by atoms with E-state index in [9.17, 15) is 4.79 Å². The molecule has 0 saturated carbocycles. The van der Waals surface area contributed by atoms with Crippen molar-refractivity contribution in [3.63, 3.8) is 0 Å². The van der Waals surface area contributed by atoms with Crippen molar-refractivity contribution in [2.24, 2.45) is 0 Å². The molecule has 2 fully saturated rings. The van der Waals surface area contributed by atoms with Crippen LogP contribution in [0.15, 0.2) is 36.7 Å². The Labute approximate surface area is 166 Å². The molecular weight excluding hydrogens is 352 g/mol. The van der Waals surface area contributed by atoms with E-state index >= 15 is 0 Å². The molecule has 28 heavy (non-hydrogen) atoms. The number of likely N-dealkylation sites (tertiary alicyclic amines) is 2. The topological polar surface area (TPSA) is 58.6 Å². The van der Waals surface area contributed by atoms with Gasteiger partial charge < -0.3 is 9.64 Å². The van der Waals surface area contributed by atoms with E-state index in [0.29, 0.717) is 6.54 Å². The number of aromatic nitrogens is 2. The van der Waals surface area contributed by atoms with Gasteiger partial charge in [0.25, 0.3) is 0 Å². The number of benzene rings is 1. The molecule has 148 valence electrons. The first-order chi connectivity index (χ1) is 13.7. The smallest absolute Gasteiger partial charge is 0.236 e. The minimum absolute atomic E-state index is 0.269. The second-order valence-corrected chi connectivity index (χ2v) is 7.68. The number of hydrogen-bond acceptors (Lipinski definition) is 5. The highest BCUT2D eigenvalue weighted by Gasteiger charge is 2.28. The Morgan fingerprint density at radius 1 is 1.14 bits per heavy atom. The quantitative estimate of drug-likeness (QED) is 0.798. The molecule has 6 nitrogen and oxygen atoms in total. The molecule has 0 bridgehead atoms. The van der Waals surface area contributed by atoms with E-state index in [0.717, 1.165) is 74.6 Å². The van der Waals surface area contributed by atoms with Gasteiger partial charge in [-0.2, -0.15) is 0 Å². The number of carbonyl (C=O) groups is 1. The van der Waals surface area contributed by atoms with Crippen LogP contribution >= 0.6 is 0 Å². The summed E-state index contributed by atoms with van der Waals surface area (Å²) in [5, 5.41) is 0. The van der Waals surface area contributed by atoms with E-state index in [2.05, 4.69) is 9.88 Å². The van der Waals surface area contributed by atoms with Crippen LogP contribution in [0.5, 0.6) is 5.75 Å². The van der Waals surface area contributed by atoms with Gasteiger partial charge in [0.15, 0.2) is 0 Å². The van der Waals surface area contributed by atoms with Crippen LogP contribution in [0.2, 0.25) is 0 Å². The Morgan fingerprint density at radius 2 is 1.96 bits per heavy atom. The zero-order valence-electron chi connectivity index (χ0n) is 16.5. The number of methoxy groups -OCH3 is 1. The monoisotopic (exact) mass is 380 g/mol. The highest BCUT2D eigenvalue weighted by Crippen LogP contribution is 2.32. The lowest BCUT2D eigenvalue weighted by Gasteiger charge is -2.33. The van der Waals surface area contributed by atoms with Crippen molar-refractivity contribution < 1.29 is 9.53 Å². The molecule has 2 aromatic rings. The molecule has 0 aliphatic carbocycles. The van der Waals surface area contributed by atoms with Crippen LogP contribution in [0.4, 0.5) is 0 Å². The van der Waals surface area contributed by atoms with Crippen molar-refractivity contribution in [2.45, 2.75) is 31.6 Å². The maximum Gasteiger partial charge on any atom is 0.236 e. The minimum atomic E-state index is 0.269. The Kier molecular flexibility index (Phi) is 5.86. The Balaban J connectivity index is 1.51. The Hall–Kier alpha value is -2.47. The summed E-state index contributed by atoms with van der Waals surface area (Å²) in [5.74, 6) is 1.37. The van der Waals surface area contributed by atoms with Crippen molar-refractivity contribution in [1.29, 1.82) is 0 Å². The van der Waals surface area contributed by atoms with Gasteiger partial charge in [0.1, 0.15) is 5.75 Å². The number of rotatable bonds is 5. The van der Waals surface area contributed by atoms with E-state index in [1.807, 2.05) is 29.2 Å². The summed E-state index contributed by atoms with van der Waals surface area (Å²) in [6, 6.07) is 7.97. The Morgan fingerprint density at radius 3 is 2.79 bits per heavy atom. The van der Waals surface area contributed by atoms with Crippen LogP contribution in [-0.2, 0) is 4.79 Å². The van der Waals surface area contributed by atoms with E-state index < -0.39 is 0 Å². The lowest BCUT2D eigenvalue weighted by Crippen LogP contribution is -2.43. The summed E-state index contributed by atoms with van der Waals surface area (Å²) in [4.78, 5) is 26.2. The normalized spacial score (nSPS) is 20.3. The third-order valence-electron chi connectivity index (χ3n) is 5.78. The van der Waals surface area contributed by atoms with Gasteiger partial charge in [-0.1, -0.05) is 12.1 Å². The number of ether oxygens (including phenoxy) is 1. The van der Waals surface area contributed by atoms with Crippen molar-refractivity contribution in [3.05, 3.63) is 42.4 Å². The molecular formula is C22H28N4O2. The van der Waals surface area contributed by atoms with Gasteiger partial charge >= 0.3 is 0 Å². The molecule has 6 heteroatoms. The summed E-state index contributed by atoms with van der Waals surface area (Å²) in [6.45, 7) is 4.19. The SMILES string of the molecule is COc1cccc(-c2nccnc2[C@H]2CCCN(CC(=O)N3CCCC3)C2)c1. The first kappa shape index (κ1) is 18.9. The molecule has 1 atom stereocenters. The van der Waals surface area contributed by atoms with E-state index in [1.54, 1.807) is 19.5 Å². The number of nitrogens with zero attached hydrogens (tertiary/aromatic N) is 4. The molecule has 2 aliphatic heterocycles. The number of amides is 1. The predicted octanol–water partition coefficient (Wildman–Crippen LogP) is 2.95. The standard InChI is InChI=1S/C22H28N4O2/c1-28-19-8-4-6-17(14-19)21-22(24-10-9-23-21)18-7-5-11-25(15-18)16-20(27)26-12-2-3-13-26/h4,6,8-10,14,18H,2-3,5,7,11-13,15-16H2,1H3/t18-/m0/s1. The second-order valence-electron chi connectivity index (χ2n) is 7.68. The lowest BCUT2D eigenvalue weighted by molar-refractivity contribution is -0.131. The van der Waals surface area contributed by atoms with Crippen molar-refractivity contribution in [3.8, 4) is 17.0 Å². The van der Waals surface area contributed by atoms with Crippen molar-refractivity contribution >= 4 is 5.91 Å². The average molecular weight is 380 g/mol.